The van der Waals surface area contributed by atoms with Gasteiger partial charge in [0.25, 0.3) is 0 Å². The Kier molecular flexibility index (Phi) is 3.83. The molecule has 0 bridgehead atoms. The third-order valence-electron chi connectivity index (χ3n) is 3.93. The summed E-state index contributed by atoms with van der Waals surface area (Å²) < 4.78 is 0. The summed E-state index contributed by atoms with van der Waals surface area (Å²) in [4.78, 5) is 0. The smallest absolute Gasteiger partial charge is 0.190 e. The van der Waals surface area contributed by atoms with Crippen LogP contribution in [0, 0.1) is 0 Å². The summed E-state index contributed by atoms with van der Waals surface area (Å²) in [6, 6.07) is 8.87. The maximum atomic E-state index is 9.63. The zero-order chi connectivity index (χ0) is 14.2. The monoisotopic (exact) mass is 278 g/mol. The summed E-state index contributed by atoms with van der Waals surface area (Å²) in [6.07, 6.45) is 1.81. The Balaban J connectivity index is 1.97. The minimum absolute atomic E-state index is 0.0616. The van der Waals surface area contributed by atoms with Crippen molar-refractivity contribution in [2.24, 2.45) is 5.73 Å². The summed E-state index contributed by atoms with van der Waals surface area (Å²) >= 11 is 4.76. The van der Waals surface area contributed by atoms with Gasteiger partial charge in [0.05, 0.1) is 6.04 Å². The number of hydrogen-bond acceptors (Lipinski definition) is 2. The van der Waals surface area contributed by atoms with Gasteiger partial charge in [-0.25, -0.2) is 5.06 Å². The molecule has 0 aliphatic heterocycles. The fourth-order valence-electron chi connectivity index (χ4n) is 2.49. The molecule has 19 heavy (non-hydrogen) atoms. The first-order chi connectivity index (χ1) is 8.79. The minimum atomic E-state index is 0.0616. The van der Waals surface area contributed by atoms with E-state index in [2.05, 4.69) is 45.0 Å². The van der Waals surface area contributed by atoms with Crippen molar-refractivity contribution in [2.75, 3.05) is 0 Å². The highest BCUT2D eigenvalue weighted by atomic mass is 32.1. The highest BCUT2D eigenvalue weighted by Gasteiger charge is 2.35. The van der Waals surface area contributed by atoms with E-state index in [1.165, 1.54) is 11.1 Å². The Morgan fingerprint density at radius 3 is 2.21 bits per heavy atom. The van der Waals surface area contributed by atoms with E-state index in [1.54, 1.807) is 0 Å². The Morgan fingerprint density at radius 1 is 1.26 bits per heavy atom. The number of thiocarbonyl (C=S) groups is 1. The van der Waals surface area contributed by atoms with Gasteiger partial charge in [0.2, 0.25) is 0 Å². The summed E-state index contributed by atoms with van der Waals surface area (Å²) in [7, 11) is 0. The zero-order valence-electron chi connectivity index (χ0n) is 11.8. The van der Waals surface area contributed by atoms with E-state index in [0.29, 0.717) is 5.92 Å². The van der Waals surface area contributed by atoms with E-state index in [-0.39, 0.29) is 16.6 Å². The van der Waals surface area contributed by atoms with Crippen LogP contribution in [0.1, 0.15) is 50.7 Å². The molecule has 1 aliphatic carbocycles. The van der Waals surface area contributed by atoms with Crippen LogP contribution in [0.2, 0.25) is 0 Å². The molecular weight excluding hydrogens is 256 g/mol. The second-order valence-electron chi connectivity index (χ2n) is 6.38. The van der Waals surface area contributed by atoms with Crippen molar-refractivity contribution in [1.82, 2.24) is 5.06 Å². The van der Waals surface area contributed by atoms with Crippen molar-refractivity contribution in [2.45, 2.75) is 51.0 Å². The van der Waals surface area contributed by atoms with Gasteiger partial charge >= 0.3 is 0 Å². The van der Waals surface area contributed by atoms with E-state index in [4.69, 9.17) is 18.0 Å². The highest BCUT2D eigenvalue weighted by Crippen LogP contribution is 2.39. The van der Waals surface area contributed by atoms with Gasteiger partial charge < -0.3 is 5.73 Å². The number of nitrogens with two attached hydrogens (primary N) is 1. The summed E-state index contributed by atoms with van der Waals surface area (Å²) in [5.41, 5.74) is 8.27. The fourth-order valence-corrected chi connectivity index (χ4v) is 2.64. The average Bonchev–Trinajstić information content (AvgIpc) is 2.26. The van der Waals surface area contributed by atoms with Gasteiger partial charge in [-0.15, -0.1) is 0 Å². The molecule has 1 aromatic rings. The van der Waals surface area contributed by atoms with Crippen LogP contribution in [-0.2, 0) is 5.41 Å². The van der Waals surface area contributed by atoms with Crippen LogP contribution in [0.25, 0.3) is 0 Å². The van der Waals surface area contributed by atoms with Crippen LogP contribution in [0.3, 0.4) is 0 Å². The van der Waals surface area contributed by atoms with Gasteiger partial charge in [0.1, 0.15) is 0 Å². The third kappa shape index (κ3) is 3.07. The van der Waals surface area contributed by atoms with Gasteiger partial charge in [-0.3, -0.25) is 5.21 Å². The van der Waals surface area contributed by atoms with E-state index >= 15 is 0 Å². The average molecular weight is 278 g/mol. The van der Waals surface area contributed by atoms with Crippen LogP contribution in [0.15, 0.2) is 24.3 Å². The maximum absolute atomic E-state index is 9.63. The Labute approximate surface area is 120 Å². The Hall–Kier alpha value is -1.13. The van der Waals surface area contributed by atoms with Crippen LogP contribution in [0.5, 0.6) is 0 Å². The molecule has 1 aromatic carbocycles. The molecule has 3 N–H and O–H groups in total. The maximum Gasteiger partial charge on any atom is 0.190 e. The molecule has 2 rings (SSSR count). The van der Waals surface area contributed by atoms with Crippen molar-refractivity contribution in [1.29, 1.82) is 0 Å². The molecule has 104 valence electrons. The molecule has 0 aromatic heterocycles. The summed E-state index contributed by atoms with van der Waals surface area (Å²) in [5.74, 6) is 0.503. The number of hydroxylamine groups is 2. The van der Waals surface area contributed by atoms with Crippen LogP contribution < -0.4 is 5.73 Å². The first kappa shape index (κ1) is 14.3. The molecule has 3 nitrogen and oxygen atoms in total. The van der Waals surface area contributed by atoms with Crippen LogP contribution in [0.4, 0.5) is 0 Å². The normalized spacial score (nSPS) is 22.7. The lowest BCUT2D eigenvalue weighted by molar-refractivity contribution is -0.0823. The molecule has 0 unspecified atom stereocenters. The van der Waals surface area contributed by atoms with Gasteiger partial charge in [0, 0.05) is 0 Å². The van der Waals surface area contributed by atoms with Crippen molar-refractivity contribution in [3.8, 4) is 0 Å². The predicted octanol–water partition coefficient (Wildman–Crippen LogP) is 3.16. The number of benzene rings is 1. The molecule has 0 saturated heterocycles. The quantitative estimate of drug-likeness (QED) is 0.644. The zero-order valence-corrected chi connectivity index (χ0v) is 12.6. The molecule has 1 aliphatic rings. The first-order valence-corrected chi connectivity index (χ1v) is 7.08. The third-order valence-corrected chi connectivity index (χ3v) is 4.12. The number of rotatable bonds is 2. The summed E-state index contributed by atoms with van der Waals surface area (Å²) in [6.45, 7) is 6.65. The lowest BCUT2D eigenvalue weighted by Gasteiger charge is -2.40. The van der Waals surface area contributed by atoms with Crippen molar-refractivity contribution >= 4 is 17.3 Å². The molecule has 0 amide bonds. The molecule has 4 heteroatoms. The lowest BCUT2D eigenvalue weighted by Crippen LogP contribution is -2.47. The van der Waals surface area contributed by atoms with Gasteiger partial charge in [0.15, 0.2) is 5.11 Å². The minimum Gasteiger partial charge on any atom is -0.374 e. The highest BCUT2D eigenvalue weighted by molar-refractivity contribution is 7.80. The molecule has 1 saturated carbocycles. The molecule has 0 spiro atoms. The van der Waals surface area contributed by atoms with Crippen molar-refractivity contribution < 1.29 is 5.21 Å². The van der Waals surface area contributed by atoms with Gasteiger partial charge in [-0.2, -0.15) is 0 Å². The number of hydrogen-bond donors (Lipinski definition) is 2. The molecule has 1 fully saturated rings. The van der Waals surface area contributed by atoms with Crippen molar-refractivity contribution in [3.05, 3.63) is 35.4 Å². The number of nitrogens with zero attached hydrogens (tertiary/aromatic N) is 1. The SMILES string of the molecule is CC(C)(C)c1ccc([C@H]2C[C@@H](N(O)C(N)=S)C2)cc1. The second-order valence-corrected chi connectivity index (χ2v) is 6.80. The van der Waals surface area contributed by atoms with Crippen molar-refractivity contribution in [3.63, 3.8) is 0 Å². The molecule has 0 atom stereocenters. The second kappa shape index (κ2) is 5.10. The van der Waals surface area contributed by atoms with Crippen LogP contribution in [-0.4, -0.2) is 21.4 Å². The van der Waals surface area contributed by atoms with E-state index in [9.17, 15) is 5.21 Å². The Bertz CT molecular complexity index is 458. The lowest BCUT2D eigenvalue weighted by atomic mass is 9.75. The van der Waals surface area contributed by atoms with Gasteiger partial charge in [-0.1, -0.05) is 45.0 Å². The van der Waals surface area contributed by atoms with E-state index in [0.717, 1.165) is 17.9 Å². The molecular formula is C15H22N2OS. The van der Waals surface area contributed by atoms with Gasteiger partial charge in [-0.05, 0) is 47.5 Å². The fraction of sp³-hybridized carbons (Fsp3) is 0.533. The summed E-state index contributed by atoms with van der Waals surface area (Å²) in [5, 5.41) is 10.7. The first-order valence-electron chi connectivity index (χ1n) is 6.67. The largest absolute Gasteiger partial charge is 0.374 e. The molecule has 0 heterocycles. The predicted molar refractivity (Wildman–Crippen MR) is 81.3 cm³/mol. The topological polar surface area (TPSA) is 49.5 Å². The molecule has 0 radical (unpaired) electrons. The Morgan fingerprint density at radius 2 is 1.79 bits per heavy atom. The van der Waals surface area contributed by atoms with E-state index in [1.807, 2.05) is 0 Å². The van der Waals surface area contributed by atoms with Crippen LogP contribution >= 0.6 is 12.2 Å². The van der Waals surface area contributed by atoms with E-state index < -0.39 is 0 Å². The standard InChI is InChI=1S/C15H22N2OS/c1-15(2,3)12-6-4-10(5-7-12)11-8-13(9-11)17(18)14(16)19/h4-7,11,13,18H,8-9H2,1-3H3,(H2,16,19)/t11-,13+.